The van der Waals surface area contributed by atoms with Gasteiger partial charge in [0.15, 0.2) is 0 Å². The standard InChI is InChI=1S/C10H16N4O/c1-7-5-9(14-11)13-10(12-7)8-3-2-4-15-6-8/h5,8H,2-4,6,11H2,1H3,(H,12,13,14). The van der Waals surface area contributed by atoms with Gasteiger partial charge >= 0.3 is 0 Å². The van der Waals surface area contributed by atoms with Crippen LogP contribution in [0.4, 0.5) is 5.82 Å². The van der Waals surface area contributed by atoms with Gasteiger partial charge in [0, 0.05) is 24.3 Å². The maximum atomic E-state index is 5.42. The molecule has 0 amide bonds. The lowest BCUT2D eigenvalue weighted by Gasteiger charge is -2.21. The number of nitrogens with zero attached hydrogens (tertiary/aromatic N) is 2. The Kier molecular flexibility index (Phi) is 3.13. The molecule has 0 radical (unpaired) electrons. The Morgan fingerprint density at radius 2 is 2.40 bits per heavy atom. The molecule has 1 fully saturated rings. The van der Waals surface area contributed by atoms with Crippen LogP contribution in [0.2, 0.25) is 0 Å². The minimum atomic E-state index is 0.311. The third-order valence-corrected chi connectivity index (χ3v) is 2.54. The van der Waals surface area contributed by atoms with Gasteiger partial charge in [-0.3, -0.25) is 0 Å². The average Bonchev–Trinajstić information content (AvgIpc) is 2.29. The molecule has 1 atom stereocenters. The summed E-state index contributed by atoms with van der Waals surface area (Å²) in [7, 11) is 0. The molecular formula is C10H16N4O. The number of nitrogens with one attached hydrogen (secondary N) is 1. The average molecular weight is 208 g/mol. The first-order valence-corrected chi connectivity index (χ1v) is 5.19. The Morgan fingerprint density at radius 3 is 3.07 bits per heavy atom. The second-order valence-corrected chi connectivity index (χ2v) is 3.81. The van der Waals surface area contributed by atoms with Crippen molar-refractivity contribution < 1.29 is 4.74 Å². The summed E-state index contributed by atoms with van der Waals surface area (Å²) in [5, 5.41) is 0. The van der Waals surface area contributed by atoms with Crippen molar-refractivity contribution in [2.24, 2.45) is 5.84 Å². The van der Waals surface area contributed by atoms with Gasteiger partial charge in [0.05, 0.1) is 6.61 Å². The van der Waals surface area contributed by atoms with E-state index in [-0.39, 0.29) is 0 Å². The summed E-state index contributed by atoms with van der Waals surface area (Å²) < 4.78 is 5.42. The van der Waals surface area contributed by atoms with Gasteiger partial charge in [-0.05, 0) is 19.8 Å². The van der Waals surface area contributed by atoms with Crippen LogP contribution in [-0.2, 0) is 4.74 Å². The number of nitrogen functional groups attached to an aromatic ring is 1. The van der Waals surface area contributed by atoms with Crippen molar-refractivity contribution in [1.82, 2.24) is 9.97 Å². The monoisotopic (exact) mass is 208 g/mol. The van der Waals surface area contributed by atoms with Crippen LogP contribution in [0, 0.1) is 6.92 Å². The molecule has 1 aliphatic heterocycles. The molecule has 3 N–H and O–H groups in total. The highest BCUT2D eigenvalue weighted by Crippen LogP contribution is 2.23. The van der Waals surface area contributed by atoms with E-state index in [0.29, 0.717) is 18.3 Å². The van der Waals surface area contributed by atoms with Crippen LogP contribution >= 0.6 is 0 Å². The van der Waals surface area contributed by atoms with E-state index < -0.39 is 0 Å². The minimum absolute atomic E-state index is 0.311. The number of hydrogen-bond donors (Lipinski definition) is 2. The number of nitrogens with two attached hydrogens (primary N) is 1. The zero-order valence-electron chi connectivity index (χ0n) is 8.86. The Morgan fingerprint density at radius 1 is 1.53 bits per heavy atom. The van der Waals surface area contributed by atoms with Crippen molar-refractivity contribution in [1.29, 1.82) is 0 Å². The molecule has 15 heavy (non-hydrogen) atoms. The van der Waals surface area contributed by atoms with E-state index >= 15 is 0 Å². The van der Waals surface area contributed by atoms with Crippen LogP contribution in [0.3, 0.4) is 0 Å². The zero-order chi connectivity index (χ0) is 10.7. The number of hydrogen-bond acceptors (Lipinski definition) is 5. The minimum Gasteiger partial charge on any atom is -0.381 e. The summed E-state index contributed by atoms with van der Waals surface area (Å²) in [5.74, 6) is 7.16. The Hall–Kier alpha value is -1.20. The van der Waals surface area contributed by atoms with E-state index in [2.05, 4.69) is 15.4 Å². The fourth-order valence-corrected chi connectivity index (χ4v) is 1.79. The van der Waals surface area contributed by atoms with Crippen molar-refractivity contribution in [3.05, 3.63) is 17.6 Å². The first kappa shape index (κ1) is 10.3. The van der Waals surface area contributed by atoms with Gasteiger partial charge in [0.25, 0.3) is 0 Å². The Labute approximate surface area is 89.0 Å². The second-order valence-electron chi connectivity index (χ2n) is 3.81. The number of aryl methyl sites for hydroxylation is 1. The van der Waals surface area contributed by atoms with Crippen molar-refractivity contribution in [2.75, 3.05) is 18.6 Å². The van der Waals surface area contributed by atoms with Gasteiger partial charge in [-0.15, -0.1) is 0 Å². The molecule has 0 spiro atoms. The van der Waals surface area contributed by atoms with Crippen LogP contribution in [0.25, 0.3) is 0 Å². The van der Waals surface area contributed by atoms with Crippen molar-refractivity contribution in [3.8, 4) is 0 Å². The lowest BCUT2D eigenvalue weighted by molar-refractivity contribution is 0.0780. The van der Waals surface area contributed by atoms with Gasteiger partial charge < -0.3 is 10.2 Å². The third-order valence-electron chi connectivity index (χ3n) is 2.54. The zero-order valence-corrected chi connectivity index (χ0v) is 8.86. The van der Waals surface area contributed by atoms with Gasteiger partial charge in [-0.1, -0.05) is 0 Å². The molecule has 1 aromatic rings. The predicted octanol–water partition coefficient (Wildman–Crippen LogP) is 0.965. The lowest BCUT2D eigenvalue weighted by atomic mass is 10.0. The molecular weight excluding hydrogens is 192 g/mol. The summed E-state index contributed by atoms with van der Waals surface area (Å²) >= 11 is 0. The summed E-state index contributed by atoms with van der Waals surface area (Å²) in [6, 6.07) is 1.83. The van der Waals surface area contributed by atoms with E-state index in [1.807, 2.05) is 13.0 Å². The van der Waals surface area contributed by atoms with Gasteiger partial charge in [0.2, 0.25) is 0 Å². The molecule has 0 bridgehead atoms. The molecule has 0 saturated carbocycles. The van der Waals surface area contributed by atoms with E-state index in [4.69, 9.17) is 10.6 Å². The number of hydrazine groups is 1. The van der Waals surface area contributed by atoms with E-state index in [1.165, 1.54) is 0 Å². The van der Waals surface area contributed by atoms with Crippen molar-refractivity contribution >= 4 is 5.82 Å². The molecule has 2 rings (SSSR count). The topological polar surface area (TPSA) is 73.1 Å². The summed E-state index contributed by atoms with van der Waals surface area (Å²) in [6.45, 7) is 3.51. The molecule has 1 aromatic heterocycles. The largest absolute Gasteiger partial charge is 0.381 e. The van der Waals surface area contributed by atoms with E-state index in [9.17, 15) is 0 Å². The molecule has 1 saturated heterocycles. The Balaban J connectivity index is 2.22. The molecule has 2 heterocycles. The van der Waals surface area contributed by atoms with Crippen LogP contribution in [0.1, 0.15) is 30.3 Å². The molecule has 5 heteroatoms. The second kappa shape index (κ2) is 4.55. The van der Waals surface area contributed by atoms with Crippen LogP contribution in [-0.4, -0.2) is 23.2 Å². The summed E-state index contributed by atoms with van der Waals surface area (Å²) in [5.41, 5.74) is 3.48. The van der Waals surface area contributed by atoms with Gasteiger partial charge in [-0.25, -0.2) is 15.8 Å². The van der Waals surface area contributed by atoms with Crippen molar-refractivity contribution in [3.63, 3.8) is 0 Å². The molecule has 1 aliphatic rings. The number of rotatable bonds is 2. The highest BCUT2D eigenvalue weighted by Gasteiger charge is 2.19. The van der Waals surface area contributed by atoms with Crippen LogP contribution in [0.15, 0.2) is 6.07 Å². The predicted molar refractivity (Wildman–Crippen MR) is 57.4 cm³/mol. The first-order valence-electron chi connectivity index (χ1n) is 5.19. The first-order chi connectivity index (χ1) is 7.29. The number of aromatic nitrogens is 2. The smallest absolute Gasteiger partial charge is 0.143 e. The number of anilines is 1. The normalized spacial score (nSPS) is 21.3. The molecule has 0 aromatic carbocycles. The summed E-state index contributed by atoms with van der Waals surface area (Å²) in [4.78, 5) is 8.77. The van der Waals surface area contributed by atoms with Crippen LogP contribution in [0.5, 0.6) is 0 Å². The molecule has 5 nitrogen and oxygen atoms in total. The third kappa shape index (κ3) is 2.43. The highest BCUT2D eigenvalue weighted by molar-refractivity contribution is 5.34. The fraction of sp³-hybridized carbons (Fsp3) is 0.600. The van der Waals surface area contributed by atoms with Gasteiger partial charge in [0.1, 0.15) is 11.6 Å². The number of ether oxygens (including phenoxy) is 1. The molecule has 1 unspecified atom stereocenters. The van der Waals surface area contributed by atoms with E-state index in [0.717, 1.165) is 31.0 Å². The van der Waals surface area contributed by atoms with Gasteiger partial charge in [-0.2, -0.15) is 0 Å². The fourth-order valence-electron chi connectivity index (χ4n) is 1.79. The SMILES string of the molecule is Cc1cc(NN)nc(C2CCCOC2)n1. The van der Waals surface area contributed by atoms with Crippen molar-refractivity contribution in [2.45, 2.75) is 25.7 Å². The van der Waals surface area contributed by atoms with E-state index in [1.54, 1.807) is 0 Å². The summed E-state index contributed by atoms with van der Waals surface area (Å²) in [6.07, 6.45) is 2.17. The lowest BCUT2D eigenvalue weighted by Crippen LogP contribution is -2.19. The molecule has 82 valence electrons. The quantitative estimate of drug-likeness (QED) is 0.559. The Bertz CT molecular complexity index is 336. The maximum absolute atomic E-state index is 5.42. The van der Waals surface area contributed by atoms with Crippen LogP contribution < -0.4 is 11.3 Å². The highest BCUT2D eigenvalue weighted by atomic mass is 16.5. The maximum Gasteiger partial charge on any atom is 0.143 e. The molecule has 0 aliphatic carbocycles.